The standard InChI is InChI=1S/C12H12ClIN2S/c1-7-2-3-8(4-10(7)13)12(16-15)9-5-11(14)17-6-9/h2-6,12,16H,15H2,1H3. The number of aryl methyl sites for hydroxylation is 1. The number of nitrogens with two attached hydrogens (primary N) is 1. The quantitative estimate of drug-likeness (QED) is 0.483. The van der Waals surface area contributed by atoms with Crippen molar-refractivity contribution < 1.29 is 0 Å². The first kappa shape index (κ1) is 13.3. The van der Waals surface area contributed by atoms with Gasteiger partial charge in [0.05, 0.1) is 8.93 Å². The molecule has 0 fully saturated rings. The molecule has 2 aromatic rings. The molecule has 2 nitrogen and oxygen atoms in total. The van der Waals surface area contributed by atoms with Crippen LogP contribution in [0.5, 0.6) is 0 Å². The fraction of sp³-hybridized carbons (Fsp3) is 0.167. The molecular weight excluding hydrogens is 367 g/mol. The van der Waals surface area contributed by atoms with E-state index in [1.807, 2.05) is 19.1 Å². The minimum atomic E-state index is -0.00661. The number of rotatable bonds is 3. The number of hydrogen-bond donors (Lipinski definition) is 2. The maximum absolute atomic E-state index is 6.14. The van der Waals surface area contributed by atoms with E-state index < -0.39 is 0 Å². The molecule has 0 aliphatic rings. The zero-order valence-electron chi connectivity index (χ0n) is 9.21. The van der Waals surface area contributed by atoms with Crippen LogP contribution < -0.4 is 11.3 Å². The van der Waals surface area contributed by atoms with Crippen LogP contribution in [-0.2, 0) is 0 Å². The molecule has 1 unspecified atom stereocenters. The first-order valence-electron chi connectivity index (χ1n) is 5.08. The van der Waals surface area contributed by atoms with Gasteiger partial charge in [0.15, 0.2) is 0 Å². The summed E-state index contributed by atoms with van der Waals surface area (Å²) in [5, 5.41) is 2.88. The fourth-order valence-corrected chi connectivity index (χ4v) is 3.24. The molecule has 1 atom stereocenters. The summed E-state index contributed by atoms with van der Waals surface area (Å²) in [7, 11) is 0. The van der Waals surface area contributed by atoms with Crippen LogP contribution in [0.4, 0.5) is 0 Å². The van der Waals surface area contributed by atoms with Crippen molar-refractivity contribution in [2.75, 3.05) is 0 Å². The number of nitrogens with one attached hydrogen (secondary N) is 1. The molecule has 90 valence electrons. The fourth-order valence-electron chi connectivity index (χ4n) is 1.65. The second kappa shape index (κ2) is 5.67. The van der Waals surface area contributed by atoms with Gasteiger partial charge in [0.2, 0.25) is 0 Å². The lowest BCUT2D eigenvalue weighted by molar-refractivity contribution is 0.638. The van der Waals surface area contributed by atoms with Gasteiger partial charge in [-0.15, -0.1) is 11.3 Å². The number of thiophene rings is 1. The van der Waals surface area contributed by atoms with Gasteiger partial charge in [-0.2, -0.15) is 0 Å². The van der Waals surface area contributed by atoms with Gasteiger partial charge in [-0.05, 0) is 63.7 Å². The molecule has 1 aromatic carbocycles. The largest absolute Gasteiger partial charge is 0.271 e. The monoisotopic (exact) mass is 378 g/mol. The Morgan fingerprint density at radius 3 is 2.65 bits per heavy atom. The summed E-state index contributed by atoms with van der Waals surface area (Å²) in [6, 6.07) is 8.15. The molecule has 0 saturated heterocycles. The predicted octanol–water partition coefficient (Wildman–Crippen LogP) is 3.87. The van der Waals surface area contributed by atoms with E-state index >= 15 is 0 Å². The second-order valence-electron chi connectivity index (χ2n) is 3.79. The molecule has 0 spiro atoms. The Morgan fingerprint density at radius 1 is 1.35 bits per heavy atom. The molecular formula is C12H12ClIN2S. The van der Waals surface area contributed by atoms with Crippen molar-refractivity contribution in [3.8, 4) is 0 Å². The molecule has 0 amide bonds. The molecule has 0 saturated carbocycles. The Morgan fingerprint density at radius 2 is 2.12 bits per heavy atom. The van der Waals surface area contributed by atoms with Gasteiger partial charge in [0, 0.05) is 5.02 Å². The first-order chi connectivity index (χ1) is 8.11. The van der Waals surface area contributed by atoms with Crippen molar-refractivity contribution in [2.24, 2.45) is 5.84 Å². The maximum atomic E-state index is 6.14. The minimum Gasteiger partial charge on any atom is -0.271 e. The number of hydrazine groups is 1. The lowest BCUT2D eigenvalue weighted by atomic mass is 10.0. The van der Waals surface area contributed by atoms with Gasteiger partial charge >= 0.3 is 0 Å². The van der Waals surface area contributed by atoms with E-state index in [1.165, 1.54) is 8.45 Å². The van der Waals surface area contributed by atoms with Gasteiger partial charge in [0.1, 0.15) is 0 Å². The average molecular weight is 379 g/mol. The molecule has 1 heterocycles. The highest BCUT2D eigenvalue weighted by Crippen LogP contribution is 2.29. The summed E-state index contributed by atoms with van der Waals surface area (Å²) >= 11 is 10.2. The third kappa shape index (κ3) is 3.00. The molecule has 1 aromatic heterocycles. The van der Waals surface area contributed by atoms with Crippen LogP contribution in [0.1, 0.15) is 22.7 Å². The maximum Gasteiger partial charge on any atom is 0.0719 e. The summed E-state index contributed by atoms with van der Waals surface area (Å²) in [5.74, 6) is 5.64. The van der Waals surface area contributed by atoms with E-state index in [4.69, 9.17) is 17.4 Å². The van der Waals surface area contributed by atoms with Crippen molar-refractivity contribution in [1.82, 2.24) is 5.43 Å². The Balaban J connectivity index is 2.38. The molecule has 0 aliphatic carbocycles. The Labute approximate surface area is 123 Å². The Bertz CT molecular complexity index is 527. The van der Waals surface area contributed by atoms with Gasteiger partial charge in [-0.1, -0.05) is 23.7 Å². The van der Waals surface area contributed by atoms with Crippen LogP contribution in [0, 0.1) is 9.81 Å². The normalized spacial score (nSPS) is 12.7. The van der Waals surface area contributed by atoms with E-state index in [0.29, 0.717) is 0 Å². The highest BCUT2D eigenvalue weighted by Gasteiger charge is 2.14. The zero-order chi connectivity index (χ0) is 12.4. The van der Waals surface area contributed by atoms with Crippen LogP contribution in [0.3, 0.4) is 0 Å². The topological polar surface area (TPSA) is 38.0 Å². The number of benzene rings is 1. The summed E-state index contributed by atoms with van der Waals surface area (Å²) in [6.45, 7) is 1.99. The summed E-state index contributed by atoms with van der Waals surface area (Å²) in [6.07, 6.45) is 0. The molecule has 5 heteroatoms. The predicted molar refractivity (Wildman–Crippen MR) is 82.4 cm³/mol. The van der Waals surface area contributed by atoms with E-state index in [0.717, 1.165) is 16.1 Å². The molecule has 2 rings (SSSR count). The third-order valence-electron chi connectivity index (χ3n) is 2.62. The molecule has 0 bridgehead atoms. The first-order valence-corrected chi connectivity index (χ1v) is 7.41. The number of hydrogen-bond acceptors (Lipinski definition) is 3. The van der Waals surface area contributed by atoms with Crippen molar-refractivity contribution in [1.29, 1.82) is 0 Å². The lowest BCUT2D eigenvalue weighted by Crippen LogP contribution is -2.28. The van der Waals surface area contributed by atoms with E-state index in [9.17, 15) is 0 Å². The molecule has 0 radical (unpaired) electrons. The smallest absolute Gasteiger partial charge is 0.0719 e. The lowest BCUT2D eigenvalue weighted by Gasteiger charge is -2.16. The summed E-state index contributed by atoms with van der Waals surface area (Å²) < 4.78 is 1.25. The van der Waals surface area contributed by atoms with Gasteiger partial charge in [-0.25, -0.2) is 5.43 Å². The van der Waals surface area contributed by atoms with E-state index in [2.05, 4.69) is 45.5 Å². The van der Waals surface area contributed by atoms with Crippen LogP contribution >= 0.6 is 45.5 Å². The van der Waals surface area contributed by atoms with Gasteiger partial charge in [0.25, 0.3) is 0 Å². The zero-order valence-corrected chi connectivity index (χ0v) is 12.9. The third-order valence-corrected chi connectivity index (χ3v) is 4.83. The van der Waals surface area contributed by atoms with E-state index in [1.54, 1.807) is 11.3 Å². The molecule has 0 aliphatic heterocycles. The van der Waals surface area contributed by atoms with Gasteiger partial charge < -0.3 is 0 Å². The Hall–Kier alpha value is -0.140. The summed E-state index contributed by atoms with van der Waals surface area (Å²) in [5.41, 5.74) is 6.16. The van der Waals surface area contributed by atoms with Crippen LogP contribution in [0.25, 0.3) is 0 Å². The molecule has 3 N–H and O–H groups in total. The van der Waals surface area contributed by atoms with E-state index in [-0.39, 0.29) is 6.04 Å². The highest BCUT2D eigenvalue weighted by atomic mass is 127. The number of halogens is 2. The van der Waals surface area contributed by atoms with Crippen molar-refractivity contribution >= 4 is 45.5 Å². The average Bonchev–Trinajstić information content (AvgIpc) is 2.71. The second-order valence-corrected chi connectivity index (χ2v) is 7.01. The Kier molecular flexibility index (Phi) is 4.43. The van der Waals surface area contributed by atoms with Crippen molar-refractivity contribution in [2.45, 2.75) is 13.0 Å². The van der Waals surface area contributed by atoms with Crippen LogP contribution in [-0.4, -0.2) is 0 Å². The summed E-state index contributed by atoms with van der Waals surface area (Å²) in [4.78, 5) is 0. The minimum absolute atomic E-state index is 0.00661. The molecule has 17 heavy (non-hydrogen) atoms. The van der Waals surface area contributed by atoms with Crippen molar-refractivity contribution in [3.05, 3.63) is 54.2 Å². The highest BCUT2D eigenvalue weighted by molar-refractivity contribution is 14.1. The van der Waals surface area contributed by atoms with Gasteiger partial charge in [-0.3, -0.25) is 5.84 Å². The van der Waals surface area contributed by atoms with Crippen LogP contribution in [0.2, 0.25) is 5.02 Å². The van der Waals surface area contributed by atoms with Crippen molar-refractivity contribution in [3.63, 3.8) is 0 Å². The SMILES string of the molecule is Cc1ccc(C(NN)c2csc(I)c2)cc1Cl. The van der Waals surface area contributed by atoms with Crippen LogP contribution in [0.15, 0.2) is 29.6 Å².